The van der Waals surface area contributed by atoms with Crippen LogP contribution in [0.15, 0.2) is 34.8 Å². The molecule has 172 valence electrons. The van der Waals surface area contributed by atoms with Crippen molar-refractivity contribution in [1.82, 2.24) is 5.32 Å². The minimum absolute atomic E-state index is 0.117. The molecule has 2 aromatic carbocycles. The van der Waals surface area contributed by atoms with Gasteiger partial charge < -0.3 is 15.4 Å². The van der Waals surface area contributed by atoms with Gasteiger partial charge in [-0.05, 0) is 64.7 Å². The predicted octanol–water partition coefficient (Wildman–Crippen LogP) is 5.56. The van der Waals surface area contributed by atoms with Gasteiger partial charge in [-0.25, -0.2) is 4.39 Å². The van der Waals surface area contributed by atoms with Crippen molar-refractivity contribution >= 4 is 68.2 Å². The molecule has 11 heteroatoms. The van der Waals surface area contributed by atoms with Gasteiger partial charge in [0, 0.05) is 11.6 Å². The summed E-state index contributed by atoms with van der Waals surface area (Å²) in [6, 6.07) is 9.29. The van der Waals surface area contributed by atoms with E-state index in [0.717, 1.165) is 0 Å². The maximum Gasteiger partial charge on any atom is 0.254 e. The van der Waals surface area contributed by atoms with Crippen molar-refractivity contribution in [2.45, 2.75) is 28.6 Å². The Morgan fingerprint density at radius 1 is 1.27 bits per heavy atom. The van der Waals surface area contributed by atoms with E-state index in [4.69, 9.17) is 39.5 Å². The van der Waals surface area contributed by atoms with Gasteiger partial charge in [0.1, 0.15) is 21.4 Å². The number of nitrogens with zero attached hydrogens (tertiary/aromatic N) is 1. The summed E-state index contributed by atoms with van der Waals surface area (Å²) in [6.07, 6.45) is 1.14. The van der Waals surface area contributed by atoms with E-state index in [0.29, 0.717) is 24.1 Å². The van der Waals surface area contributed by atoms with Crippen LogP contribution in [-0.4, -0.2) is 28.8 Å². The lowest BCUT2D eigenvalue weighted by Gasteiger charge is -2.12. The Labute approximate surface area is 212 Å². The topological polar surface area (TPSA) is 91.2 Å². The van der Waals surface area contributed by atoms with Gasteiger partial charge in [0.2, 0.25) is 5.91 Å². The van der Waals surface area contributed by atoms with E-state index in [1.54, 1.807) is 6.07 Å². The van der Waals surface area contributed by atoms with Crippen LogP contribution in [0.3, 0.4) is 0 Å². The van der Waals surface area contributed by atoms with Crippen LogP contribution in [0.5, 0.6) is 5.75 Å². The molecule has 0 aromatic heterocycles. The van der Waals surface area contributed by atoms with Crippen LogP contribution in [0.2, 0.25) is 5.02 Å². The van der Waals surface area contributed by atoms with E-state index < -0.39 is 39.3 Å². The summed E-state index contributed by atoms with van der Waals surface area (Å²) in [5.41, 5.74) is -0.0319. The predicted molar refractivity (Wildman–Crippen MR) is 126 cm³/mol. The van der Waals surface area contributed by atoms with Gasteiger partial charge in [0.05, 0.1) is 34.2 Å². The Balaban J connectivity index is 1.52. The quantitative estimate of drug-likeness (QED) is 0.441. The lowest BCUT2D eigenvalue weighted by atomic mass is 10.1. The van der Waals surface area contributed by atoms with E-state index in [9.17, 15) is 19.2 Å². The first-order valence-electron chi connectivity index (χ1n) is 9.78. The second-order valence-corrected chi connectivity index (χ2v) is 10.6. The number of halogens is 5. The van der Waals surface area contributed by atoms with Crippen LogP contribution < -0.4 is 15.4 Å². The van der Waals surface area contributed by atoms with Crippen LogP contribution in [0, 0.1) is 23.1 Å². The van der Waals surface area contributed by atoms with Crippen LogP contribution in [0.25, 0.3) is 0 Å². The van der Waals surface area contributed by atoms with Crippen molar-refractivity contribution in [2.75, 3.05) is 12.4 Å². The average molecular weight is 576 g/mol. The van der Waals surface area contributed by atoms with Crippen LogP contribution in [-0.2, 0) is 4.79 Å². The molecule has 2 fully saturated rings. The highest BCUT2D eigenvalue weighted by atomic mass is 79.9. The molecule has 0 radical (unpaired) electrons. The molecule has 4 rings (SSSR count). The Hall–Kier alpha value is -2.05. The Bertz CT molecular complexity index is 1210. The fraction of sp³-hybridized carbons (Fsp3) is 0.318. The van der Waals surface area contributed by atoms with E-state index in [1.165, 1.54) is 31.4 Å². The number of ether oxygens (including phenoxy) is 1. The monoisotopic (exact) mass is 573 g/mol. The average Bonchev–Trinajstić information content (AvgIpc) is 3.66. The number of nitriles is 1. The smallest absolute Gasteiger partial charge is 0.254 e. The lowest BCUT2D eigenvalue weighted by Crippen LogP contribution is -2.35. The van der Waals surface area contributed by atoms with Crippen LogP contribution in [0.1, 0.15) is 34.7 Å². The zero-order valence-electron chi connectivity index (χ0n) is 17.0. The van der Waals surface area contributed by atoms with Crippen LogP contribution in [0.4, 0.5) is 10.1 Å². The number of rotatable bonds is 6. The first kappa shape index (κ1) is 24.1. The molecule has 0 unspecified atom stereocenters. The molecule has 0 saturated heterocycles. The third-order valence-corrected chi connectivity index (χ3v) is 7.77. The summed E-state index contributed by atoms with van der Waals surface area (Å²) in [5.74, 6) is -2.87. The summed E-state index contributed by atoms with van der Waals surface area (Å²) in [7, 11) is 1.39. The molecule has 0 heterocycles. The third-order valence-electron chi connectivity index (χ3n) is 5.73. The zero-order chi connectivity index (χ0) is 24.1. The van der Waals surface area contributed by atoms with Gasteiger partial charge in [-0.1, -0.05) is 11.6 Å². The molecule has 2 N–H and O–H groups in total. The summed E-state index contributed by atoms with van der Waals surface area (Å²) in [6.45, 7) is 0. The molecular weight excluding hydrogens is 560 g/mol. The van der Waals surface area contributed by atoms with Gasteiger partial charge >= 0.3 is 0 Å². The molecule has 0 aliphatic heterocycles. The van der Waals surface area contributed by atoms with E-state index in [1.807, 2.05) is 0 Å². The molecule has 2 aliphatic rings. The first-order chi connectivity index (χ1) is 15.5. The molecule has 2 aliphatic carbocycles. The second kappa shape index (κ2) is 8.62. The molecule has 2 atom stereocenters. The highest BCUT2D eigenvalue weighted by Crippen LogP contribution is 2.65. The number of carbonyl (C=O) groups excluding carboxylic acids is 2. The highest BCUT2D eigenvalue weighted by Gasteiger charge is 2.67. The molecule has 33 heavy (non-hydrogen) atoms. The molecule has 0 spiro atoms. The fourth-order valence-corrected chi connectivity index (χ4v) is 5.07. The van der Waals surface area contributed by atoms with E-state index >= 15 is 0 Å². The summed E-state index contributed by atoms with van der Waals surface area (Å²) in [5, 5.41) is 14.7. The maximum atomic E-state index is 14.3. The first-order valence-corrected chi connectivity index (χ1v) is 11.7. The molecule has 2 amide bonds. The Morgan fingerprint density at radius 3 is 2.58 bits per heavy atom. The number of hydrogen-bond donors (Lipinski definition) is 2. The minimum atomic E-state index is -1.45. The third kappa shape index (κ3) is 4.52. The zero-order valence-corrected chi connectivity index (χ0v) is 20.9. The molecule has 6 nitrogen and oxygen atoms in total. The number of anilines is 1. The number of alkyl halides is 2. The highest BCUT2D eigenvalue weighted by molar-refractivity contribution is 9.10. The fourth-order valence-electron chi connectivity index (χ4n) is 3.65. The Morgan fingerprint density at radius 2 is 1.97 bits per heavy atom. The van der Waals surface area contributed by atoms with Crippen molar-refractivity contribution in [3.8, 4) is 11.8 Å². The van der Waals surface area contributed by atoms with Crippen molar-refractivity contribution in [3.63, 3.8) is 0 Å². The second-order valence-electron chi connectivity index (χ2n) is 7.98. The summed E-state index contributed by atoms with van der Waals surface area (Å²) < 4.78 is 18.1. The SMILES string of the molecule is COc1cc([C@H]2[C@H](C(=O)Nc3ccc(Cl)c(C(=O)NC4(C#N)CC4)c3)C2(Cl)Cl)cc(F)c1Br. The number of amides is 2. The van der Waals surface area contributed by atoms with E-state index in [2.05, 4.69) is 32.6 Å². The molecule has 0 bridgehead atoms. The number of benzene rings is 2. The van der Waals surface area contributed by atoms with Gasteiger partial charge in [0.25, 0.3) is 5.91 Å². The molecular formula is C22H16BrCl3FN3O3. The van der Waals surface area contributed by atoms with Crippen molar-refractivity contribution in [2.24, 2.45) is 5.92 Å². The number of carbonyl (C=O) groups is 2. The molecule has 2 saturated carbocycles. The van der Waals surface area contributed by atoms with Crippen molar-refractivity contribution in [1.29, 1.82) is 5.26 Å². The number of nitrogens with one attached hydrogen (secondary N) is 2. The molecule has 2 aromatic rings. The largest absolute Gasteiger partial charge is 0.495 e. The number of methoxy groups -OCH3 is 1. The van der Waals surface area contributed by atoms with Gasteiger partial charge in [-0.15, -0.1) is 23.2 Å². The van der Waals surface area contributed by atoms with Crippen molar-refractivity contribution < 1.29 is 18.7 Å². The van der Waals surface area contributed by atoms with Crippen LogP contribution >= 0.6 is 50.7 Å². The van der Waals surface area contributed by atoms with Gasteiger partial charge in [0.15, 0.2) is 0 Å². The maximum absolute atomic E-state index is 14.3. The van der Waals surface area contributed by atoms with Gasteiger partial charge in [-0.2, -0.15) is 5.26 Å². The summed E-state index contributed by atoms with van der Waals surface area (Å²) in [4.78, 5) is 25.5. The normalized spacial score (nSPS) is 21.5. The summed E-state index contributed by atoms with van der Waals surface area (Å²) >= 11 is 22.0. The Kier molecular flexibility index (Phi) is 6.29. The van der Waals surface area contributed by atoms with Gasteiger partial charge in [-0.3, -0.25) is 9.59 Å². The lowest BCUT2D eigenvalue weighted by molar-refractivity contribution is -0.117. The number of hydrogen-bond acceptors (Lipinski definition) is 4. The van der Waals surface area contributed by atoms with E-state index in [-0.39, 0.29) is 20.8 Å². The van der Waals surface area contributed by atoms with Crippen molar-refractivity contribution in [3.05, 3.63) is 56.8 Å². The standard InChI is InChI=1S/C22H16BrCl3FN3O3/c1-33-15-7-10(6-14(27)18(15)23)16-17(22(16,25)26)20(32)29-11-2-3-13(24)12(8-11)19(31)30-21(9-28)4-5-21/h2-3,6-8,16-17H,4-5H2,1H3,(H,29,32)(H,30,31)/t16-,17+/m0/s1. The minimum Gasteiger partial charge on any atom is -0.495 e.